The first-order valence-corrected chi connectivity index (χ1v) is 10.2. The molecule has 6 nitrogen and oxygen atoms in total. The van der Waals surface area contributed by atoms with Gasteiger partial charge in [-0.15, -0.1) is 0 Å². The van der Waals surface area contributed by atoms with Crippen molar-refractivity contribution in [3.8, 4) is 11.5 Å². The standard InChI is InChI=1S/C23H32N2O4/c1-28-23-4-2-3-20(15-23)17-25-11-10-24(18-21(25)9-12-26)16-19-5-7-22(8-6-19)29-14-13-27/h2-8,15,21,26-27H,9-14,16-18H2,1H3/t21-/m1/s1. The molecule has 158 valence electrons. The average Bonchev–Trinajstić information content (AvgIpc) is 2.75. The van der Waals surface area contributed by atoms with Crippen LogP contribution in [-0.2, 0) is 13.1 Å². The molecule has 6 heteroatoms. The molecule has 1 heterocycles. The Kier molecular flexibility index (Phi) is 8.31. The van der Waals surface area contributed by atoms with E-state index in [-0.39, 0.29) is 13.2 Å². The summed E-state index contributed by atoms with van der Waals surface area (Å²) in [5.41, 5.74) is 2.48. The number of benzene rings is 2. The molecule has 1 fully saturated rings. The van der Waals surface area contributed by atoms with E-state index in [0.29, 0.717) is 12.6 Å². The Morgan fingerprint density at radius 3 is 2.48 bits per heavy atom. The molecule has 0 aliphatic carbocycles. The second-order valence-corrected chi connectivity index (χ2v) is 7.44. The first-order valence-electron chi connectivity index (χ1n) is 10.2. The van der Waals surface area contributed by atoms with Crippen molar-refractivity contribution >= 4 is 0 Å². The fraction of sp³-hybridized carbons (Fsp3) is 0.478. The molecule has 0 unspecified atom stereocenters. The number of rotatable bonds is 10. The Morgan fingerprint density at radius 2 is 1.76 bits per heavy atom. The third kappa shape index (κ3) is 6.44. The number of ether oxygens (including phenoxy) is 2. The number of methoxy groups -OCH3 is 1. The third-order valence-electron chi connectivity index (χ3n) is 5.36. The summed E-state index contributed by atoms with van der Waals surface area (Å²) in [5, 5.41) is 18.4. The SMILES string of the molecule is COc1cccc(CN2CCN(Cc3ccc(OCCO)cc3)C[C@H]2CCO)c1. The summed E-state index contributed by atoms with van der Waals surface area (Å²) in [6, 6.07) is 16.6. The summed E-state index contributed by atoms with van der Waals surface area (Å²) < 4.78 is 10.8. The molecule has 0 radical (unpaired) electrons. The molecule has 0 amide bonds. The van der Waals surface area contributed by atoms with Crippen molar-refractivity contribution in [1.29, 1.82) is 0 Å². The molecule has 1 saturated heterocycles. The summed E-state index contributed by atoms with van der Waals surface area (Å²) in [4.78, 5) is 4.92. The van der Waals surface area contributed by atoms with Crippen LogP contribution < -0.4 is 9.47 Å². The molecular weight excluding hydrogens is 368 g/mol. The maximum Gasteiger partial charge on any atom is 0.119 e. The van der Waals surface area contributed by atoms with Crippen molar-refractivity contribution in [2.75, 3.05) is 46.6 Å². The highest BCUT2D eigenvalue weighted by Crippen LogP contribution is 2.21. The quantitative estimate of drug-likeness (QED) is 0.637. The van der Waals surface area contributed by atoms with Crippen molar-refractivity contribution in [1.82, 2.24) is 9.80 Å². The van der Waals surface area contributed by atoms with E-state index in [2.05, 4.69) is 34.1 Å². The maximum absolute atomic E-state index is 9.57. The second-order valence-electron chi connectivity index (χ2n) is 7.44. The Hall–Kier alpha value is -2.12. The van der Waals surface area contributed by atoms with Gasteiger partial charge in [-0.2, -0.15) is 0 Å². The Balaban J connectivity index is 1.57. The van der Waals surface area contributed by atoms with Crippen LogP contribution in [0.4, 0.5) is 0 Å². The minimum atomic E-state index is 0.0219. The van der Waals surface area contributed by atoms with E-state index in [0.717, 1.165) is 50.6 Å². The maximum atomic E-state index is 9.57. The third-order valence-corrected chi connectivity index (χ3v) is 5.36. The van der Waals surface area contributed by atoms with Crippen LogP contribution in [0.3, 0.4) is 0 Å². The minimum Gasteiger partial charge on any atom is -0.497 e. The Labute approximate surface area is 173 Å². The molecule has 0 saturated carbocycles. The molecule has 1 aliphatic rings. The fourth-order valence-corrected chi connectivity index (χ4v) is 3.85. The van der Waals surface area contributed by atoms with Gasteiger partial charge >= 0.3 is 0 Å². The topological polar surface area (TPSA) is 65.4 Å². The van der Waals surface area contributed by atoms with Crippen LogP contribution in [0.5, 0.6) is 11.5 Å². The number of piperazine rings is 1. The molecule has 29 heavy (non-hydrogen) atoms. The number of hydrogen-bond acceptors (Lipinski definition) is 6. The van der Waals surface area contributed by atoms with Gasteiger partial charge in [0.1, 0.15) is 18.1 Å². The van der Waals surface area contributed by atoms with Gasteiger partial charge in [-0.25, -0.2) is 0 Å². The first-order chi connectivity index (χ1) is 14.2. The summed E-state index contributed by atoms with van der Waals surface area (Å²) in [5.74, 6) is 1.66. The van der Waals surface area contributed by atoms with Gasteiger partial charge in [0.15, 0.2) is 0 Å². The first kappa shape index (κ1) is 21.6. The monoisotopic (exact) mass is 400 g/mol. The molecule has 0 spiro atoms. The van der Waals surface area contributed by atoms with Gasteiger partial charge in [-0.1, -0.05) is 24.3 Å². The second kappa shape index (κ2) is 11.2. The number of aliphatic hydroxyl groups is 2. The number of aliphatic hydroxyl groups excluding tert-OH is 2. The number of nitrogens with zero attached hydrogens (tertiary/aromatic N) is 2. The van der Waals surface area contributed by atoms with Gasteiger partial charge in [-0.05, 0) is 41.8 Å². The average molecular weight is 401 g/mol. The summed E-state index contributed by atoms with van der Waals surface area (Å²) in [6.45, 7) is 5.19. The predicted octanol–water partition coefficient (Wildman–Crippen LogP) is 2.14. The molecule has 3 rings (SSSR count). The Morgan fingerprint density at radius 1 is 0.931 bits per heavy atom. The highest BCUT2D eigenvalue weighted by Gasteiger charge is 2.26. The summed E-state index contributed by atoms with van der Waals surface area (Å²) in [7, 11) is 1.69. The molecule has 0 aromatic heterocycles. The zero-order chi connectivity index (χ0) is 20.5. The molecule has 0 bridgehead atoms. The van der Waals surface area contributed by atoms with Crippen molar-refractivity contribution in [2.24, 2.45) is 0 Å². The van der Waals surface area contributed by atoms with Gasteiger partial charge in [0.05, 0.1) is 13.7 Å². The minimum absolute atomic E-state index is 0.0219. The van der Waals surface area contributed by atoms with Crippen molar-refractivity contribution in [2.45, 2.75) is 25.6 Å². The van der Waals surface area contributed by atoms with Crippen LogP contribution in [-0.4, -0.2) is 72.6 Å². The normalized spacial score (nSPS) is 18.0. The van der Waals surface area contributed by atoms with E-state index >= 15 is 0 Å². The zero-order valence-electron chi connectivity index (χ0n) is 17.2. The summed E-state index contributed by atoms with van der Waals surface area (Å²) in [6.07, 6.45) is 0.772. The van der Waals surface area contributed by atoms with E-state index in [1.807, 2.05) is 24.3 Å². The van der Waals surface area contributed by atoms with E-state index < -0.39 is 0 Å². The lowest BCUT2D eigenvalue weighted by molar-refractivity contribution is 0.0499. The molecule has 2 aromatic carbocycles. The van der Waals surface area contributed by atoms with E-state index in [9.17, 15) is 5.11 Å². The lowest BCUT2D eigenvalue weighted by Crippen LogP contribution is -2.52. The van der Waals surface area contributed by atoms with E-state index in [1.165, 1.54) is 11.1 Å². The van der Waals surface area contributed by atoms with Crippen LogP contribution in [0.15, 0.2) is 48.5 Å². The lowest BCUT2D eigenvalue weighted by atomic mass is 10.1. The zero-order valence-corrected chi connectivity index (χ0v) is 17.2. The van der Waals surface area contributed by atoms with Crippen LogP contribution in [0.1, 0.15) is 17.5 Å². The molecular formula is C23H32N2O4. The van der Waals surface area contributed by atoms with Crippen LogP contribution >= 0.6 is 0 Å². The molecule has 2 N–H and O–H groups in total. The van der Waals surface area contributed by atoms with E-state index in [4.69, 9.17) is 14.6 Å². The molecule has 1 atom stereocenters. The number of hydrogen-bond donors (Lipinski definition) is 2. The van der Waals surface area contributed by atoms with Crippen molar-refractivity contribution in [3.05, 3.63) is 59.7 Å². The predicted molar refractivity (Wildman–Crippen MR) is 113 cm³/mol. The van der Waals surface area contributed by atoms with Crippen molar-refractivity contribution < 1.29 is 19.7 Å². The van der Waals surface area contributed by atoms with Gasteiger partial charge in [0.25, 0.3) is 0 Å². The van der Waals surface area contributed by atoms with Crippen LogP contribution in [0.2, 0.25) is 0 Å². The van der Waals surface area contributed by atoms with Gasteiger partial charge < -0.3 is 19.7 Å². The molecule has 1 aliphatic heterocycles. The van der Waals surface area contributed by atoms with Crippen molar-refractivity contribution in [3.63, 3.8) is 0 Å². The smallest absolute Gasteiger partial charge is 0.119 e. The fourth-order valence-electron chi connectivity index (χ4n) is 3.85. The summed E-state index contributed by atoms with van der Waals surface area (Å²) >= 11 is 0. The van der Waals surface area contributed by atoms with Crippen LogP contribution in [0, 0.1) is 0 Å². The van der Waals surface area contributed by atoms with Gasteiger partial charge in [0.2, 0.25) is 0 Å². The lowest BCUT2D eigenvalue weighted by Gasteiger charge is -2.41. The van der Waals surface area contributed by atoms with Gasteiger partial charge in [-0.3, -0.25) is 9.80 Å². The molecule has 2 aromatic rings. The highest BCUT2D eigenvalue weighted by atomic mass is 16.5. The van der Waals surface area contributed by atoms with Gasteiger partial charge in [0, 0.05) is 45.4 Å². The largest absolute Gasteiger partial charge is 0.497 e. The highest BCUT2D eigenvalue weighted by molar-refractivity contribution is 5.29. The Bertz CT molecular complexity index is 738. The van der Waals surface area contributed by atoms with Crippen LogP contribution in [0.25, 0.3) is 0 Å². The van der Waals surface area contributed by atoms with E-state index in [1.54, 1.807) is 7.11 Å².